The molecule has 14 heavy (non-hydrogen) atoms. The Labute approximate surface area is 93.0 Å². The van der Waals surface area contributed by atoms with Crippen molar-refractivity contribution in [1.29, 1.82) is 0 Å². The van der Waals surface area contributed by atoms with Crippen molar-refractivity contribution in [2.45, 2.75) is 25.9 Å². The van der Waals surface area contributed by atoms with Gasteiger partial charge in [-0.2, -0.15) is 0 Å². The van der Waals surface area contributed by atoms with Crippen LogP contribution in [0.4, 0.5) is 0 Å². The zero-order chi connectivity index (χ0) is 10.6. The first-order valence-corrected chi connectivity index (χ1v) is 5.43. The van der Waals surface area contributed by atoms with E-state index in [2.05, 4.69) is 15.9 Å². The van der Waals surface area contributed by atoms with E-state index in [-0.39, 0.29) is 6.10 Å². The lowest BCUT2D eigenvalue weighted by molar-refractivity contribution is 0.185. The minimum atomic E-state index is -0.246. The summed E-state index contributed by atoms with van der Waals surface area (Å²) in [6, 6.07) is 6.00. The van der Waals surface area contributed by atoms with Gasteiger partial charge in [-0.25, -0.2) is 0 Å². The summed E-state index contributed by atoms with van der Waals surface area (Å²) in [7, 11) is 1.65. The van der Waals surface area contributed by atoms with Gasteiger partial charge >= 0.3 is 0 Å². The third-order valence-electron chi connectivity index (χ3n) is 2.07. The lowest BCUT2D eigenvalue weighted by Gasteiger charge is -2.07. The van der Waals surface area contributed by atoms with Gasteiger partial charge in [0.1, 0.15) is 5.75 Å². The highest BCUT2D eigenvalue weighted by Gasteiger charge is 2.02. The monoisotopic (exact) mass is 258 g/mol. The third kappa shape index (κ3) is 3.31. The third-order valence-corrected chi connectivity index (χ3v) is 2.72. The molecule has 0 fully saturated rings. The van der Waals surface area contributed by atoms with Crippen LogP contribution in [0.25, 0.3) is 0 Å². The van der Waals surface area contributed by atoms with Gasteiger partial charge in [-0.15, -0.1) is 0 Å². The highest BCUT2D eigenvalue weighted by atomic mass is 79.9. The first-order chi connectivity index (χ1) is 6.63. The predicted octanol–water partition coefficient (Wildman–Crippen LogP) is 2.77. The Bertz CT molecular complexity index is 297. The number of rotatable bonds is 4. The molecular formula is C11H15BrO2. The zero-order valence-electron chi connectivity index (χ0n) is 8.46. The van der Waals surface area contributed by atoms with Crippen LogP contribution in [0.15, 0.2) is 22.7 Å². The summed E-state index contributed by atoms with van der Waals surface area (Å²) in [6.45, 7) is 1.80. The molecule has 0 aliphatic heterocycles. The number of ether oxygens (including phenoxy) is 1. The van der Waals surface area contributed by atoms with Crippen molar-refractivity contribution in [3.63, 3.8) is 0 Å². The van der Waals surface area contributed by atoms with Crippen molar-refractivity contribution in [2.24, 2.45) is 0 Å². The largest absolute Gasteiger partial charge is 0.496 e. The Hall–Kier alpha value is -0.540. The van der Waals surface area contributed by atoms with E-state index in [0.717, 1.165) is 23.1 Å². The molecule has 0 aromatic heterocycles. The quantitative estimate of drug-likeness (QED) is 0.900. The van der Waals surface area contributed by atoms with Gasteiger partial charge in [-0.05, 0) is 53.4 Å². The highest BCUT2D eigenvalue weighted by molar-refractivity contribution is 9.10. The lowest BCUT2D eigenvalue weighted by atomic mass is 10.1. The molecular weight excluding hydrogens is 244 g/mol. The van der Waals surface area contributed by atoms with Crippen LogP contribution in [0, 0.1) is 0 Å². The Morgan fingerprint density at radius 2 is 2.21 bits per heavy atom. The van der Waals surface area contributed by atoms with Crippen molar-refractivity contribution in [3.8, 4) is 5.75 Å². The number of hydrogen-bond donors (Lipinski definition) is 1. The molecule has 0 aliphatic carbocycles. The molecule has 0 spiro atoms. The molecule has 1 unspecified atom stereocenters. The molecule has 0 heterocycles. The summed E-state index contributed by atoms with van der Waals surface area (Å²) in [5, 5.41) is 9.15. The second-order valence-corrected chi connectivity index (χ2v) is 4.21. The molecule has 0 amide bonds. The number of aliphatic hydroxyl groups excluding tert-OH is 1. The van der Waals surface area contributed by atoms with E-state index in [1.54, 1.807) is 14.0 Å². The van der Waals surface area contributed by atoms with Gasteiger partial charge < -0.3 is 9.84 Å². The molecule has 1 aromatic carbocycles. The van der Waals surface area contributed by atoms with Crippen LogP contribution in [-0.2, 0) is 6.42 Å². The summed E-state index contributed by atoms with van der Waals surface area (Å²) in [5.74, 6) is 0.841. The second-order valence-electron chi connectivity index (χ2n) is 3.36. The van der Waals surface area contributed by atoms with E-state index >= 15 is 0 Å². The standard InChI is InChI=1S/C11H15BrO2/c1-8(13)3-4-9-5-6-10(12)11(7-9)14-2/h5-8,13H,3-4H2,1-2H3. The molecule has 2 nitrogen and oxygen atoms in total. The van der Waals surface area contributed by atoms with Crippen molar-refractivity contribution < 1.29 is 9.84 Å². The average molecular weight is 259 g/mol. The van der Waals surface area contributed by atoms with Crippen molar-refractivity contribution in [1.82, 2.24) is 0 Å². The minimum absolute atomic E-state index is 0.246. The fourth-order valence-electron chi connectivity index (χ4n) is 1.24. The Morgan fingerprint density at radius 1 is 1.50 bits per heavy atom. The number of halogens is 1. The molecule has 0 radical (unpaired) electrons. The molecule has 1 aromatic rings. The molecule has 3 heteroatoms. The zero-order valence-corrected chi connectivity index (χ0v) is 10.0. The predicted molar refractivity (Wildman–Crippen MR) is 60.7 cm³/mol. The van der Waals surface area contributed by atoms with Gasteiger partial charge in [-0.1, -0.05) is 6.07 Å². The van der Waals surface area contributed by atoms with Gasteiger partial charge in [0.2, 0.25) is 0 Å². The number of benzene rings is 1. The summed E-state index contributed by atoms with van der Waals surface area (Å²) in [5.41, 5.74) is 1.19. The van der Waals surface area contributed by atoms with Gasteiger partial charge in [0.05, 0.1) is 17.7 Å². The number of methoxy groups -OCH3 is 1. The SMILES string of the molecule is COc1cc(CCC(C)O)ccc1Br. The number of hydrogen-bond acceptors (Lipinski definition) is 2. The summed E-state index contributed by atoms with van der Waals surface area (Å²) in [4.78, 5) is 0. The van der Waals surface area contributed by atoms with Gasteiger partial charge in [0.25, 0.3) is 0 Å². The summed E-state index contributed by atoms with van der Waals surface area (Å²) >= 11 is 3.40. The maximum Gasteiger partial charge on any atom is 0.133 e. The van der Waals surface area contributed by atoms with E-state index < -0.39 is 0 Å². The van der Waals surface area contributed by atoms with Crippen molar-refractivity contribution >= 4 is 15.9 Å². The molecule has 0 saturated heterocycles. The Balaban J connectivity index is 2.69. The second kappa shape index (κ2) is 5.37. The molecule has 1 rings (SSSR count). The van der Waals surface area contributed by atoms with Crippen LogP contribution in [-0.4, -0.2) is 18.3 Å². The van der Waals surface area contributed by atoms with Crippen LogP contribution in [0.5, 0.6) is 5.75 Å². The fraction of sp³-hybridized carbons (Fsp3) is 0.455. The molecule has 0 bridgehead atoms. The first-order valence-electron chi connectivity index (χ1n) is 4.64. The van der Waals surface area contributed by atoms with E-state index in [0.29, 0.717) is 0 Å². The van der Waals surface area contributed by atoms with Crippen LogP contribution in [0.2, 0.25) is 0 Å². The molecule has 78 valence electrons. The van der Waals surface area contributed by atoms with E-state index in [1.807, 2.05) is 18.2 Å². The number of aryl methyl sites for hydroxylation is 1. The Kier molecular flexibility index (Phi) is 4.42. The van der Waals surface area contributed by atoms with E-state index in [1.165, 1.54) is 5.56 Å². The smallest absolute Gasteiger partial charge is 0.133 e. The average Bonchev–Trinajstić information content (AvgIpc) is 2.16. The lowest BCUT2D eigenvalue weighted by Crippen LogP contribution is -2.01. The van der Waals surface area contributed by atoms with Gasteiger partial charge in [0, 0.05) is 0 Å². The van der Waals surface area contributed by atoms with Crippen molar-refractivity contribution in [3.05, 3.63) is 28.2 Å². The van der Waals surface area contributed by atoms with E-state index in [9.17, 15) is 0 Å². The molecule has 1 atom stereocenters. The van der Waals surface area contributed by atoms with Crippen LogP contribution >= 0.6 is 15.9 Å². The highest BCUT2D eigenvalue weighted by Crippen LogP contribution is 2.26. The molecule has 0 aliphatic rings. The maximum absolute atomic E-state index is 9.15. The minimum Gasteiger partial charge on any atom is -0.496 e. The maximum atomic E-state index is 9.15. The van der Waals surface area contributed by atoms with Crippen LogP contribution in [0.3, 0.4) is 0 Å². The molecule has 0 saturated carbocycles. The fourth-order valence-corrected chi connectivity index (χ4v) is 1.64. The summed E-state index contributed by atoms with van der Waals surface area (Å²) in [6.07, 6.45) is 1.41. The number of aliphatic hydroxyl groups is 1. The summed E-state index contributed by atoms with van der Waals surface area (Å²) < 4.78 is 6.14. The van der Waals surface area contributed by atoms with E-state index in [4.69, 9.17) is 9.84 Å². The van der Waals surface area contributed by atoms with Gasteiger partial charge in [0.15, 0.2) is 0 Å². The van der Waals surface area contributed by atoms with Gasteiger partial charge in [-0.3, -0.25) is 0 Å². The normalized spacial score (nSPS) is 12.6. The van der Waals surface area contributed by atoms with Crippen molar-refractivity contribution in [2.75, 3.05) is 7.11 Å². The first kappa shape index (κ1) is 11.5. The topological polar surface area (TPSA) is 29.5 Å². The molecule has 1 N–H and O–H groups in total. The van der Waals surface area contributed by atoms with Crippen LogP contribution in [0.1, 0.15) is 18.9 Å². The Morgan fingerprint density at radius 3 is 2.79 bits per heavy atom. The van der Waals surface area contributed by atoms with Crippen LogP contribution < -0.4 is 4.74 Å².